The van der Waals surface area contributed by atoms with E-state index in [1.807, 2.05) is 46.4 Å². The summed E-state index contributed by atoms with van der Waals surface area (Å²) in [5.41, 5.74) is -0.114. The predicted octanol–water partition coefficient (Wildman–Crippen LogP) is 7.89. The predicted molar refractivity (Wildman–Crippen MR) is 208 cm³/mol. The van der Waals surface area contributed by atoms with Crippen molar-refractivity contribution in [2.24, 2.45) is 11.3 Å². The number of rotatable bonds is 26. The average Bonchev–Trinajstić information content (AvgIpc) is 3.10. The van der Waals surface area contributed by atoms with E-state index in [0.717, 1.165) is 70.6 Å². The molecule has 2 aliphatic rings. The topological polar surface area (TPSA) is 108 Å². The molecule has 1 N–H and O–H groups in total. The van der Waals surface area contributed by atoms with Crippen molar-refractivity contribution in [3.05, 3.63) is 0 Å². The summed E-state index contributed by atoms with van der Waals surface area (Å²) in [6, 6.07) is 0.317. The van der Waals surface area contributed by atoms with Crippen molar-refractivity contribution >= 4 is 29.5 Å². The van der Waals surface area contributed by atoms with Crippen molar-refractivity contribution in [1.82, 2.24) is 15.1 Å². The molecule has 0 radical (unpaired) electrons. The molecule has 1 unspecified atom stereocenters. The van der Waals surface area contributed by atoms with E-state index in [9.17, 15) is 9.59 Å². The Morgan fingerprint density at radius 1 is 0.667 bits per heavy atom. The molecule has 0 heterocycles. The van der Waals surface area contributed by atoms with Gasteiger partial charge < -0.3 is 41.7 Å². The number of urea groups is 1. The Balaban J connectivity index is 2.03. The highest BCUT2D eigenvalue weighted by Gasteiger charge is 2.47. The summed E-state index contributed by atoms with van der Waals surface area (Å²) in [5, 5.41) is 3.30. The second-order valence-electron chi connectivity index (χ2n) is 15.2. The zero-order chi connectivity index (χ0) is 37.8. The summed E-state index contributed by atoms with van der Waals surface area (Å²) >= 11 is 0. The van der Waals surface area contributed by atoms with Crippen LogP contribution in [-0.4, -0.2) is 110 Å². The summed E-state index contributed by atoms with van der Waals surface area (Å²) in [6.07, 6.45) is 15.1. The van der Waals surface area contributed by atoms with Gasteiger partial charge in [0.05, 0.1) is 12.3 Å². The van der Waals surface area contributed by atoms with E-state index in [1.54, 1.807) is 0 Å². The Hall–Kier alpha value is -1.07. The Labute approximate surface area is 314 Å². The molecular formula is C38H77N3O8Si2. The van der Waals surface area contributed by atoms with Crippen molar-refractivity contribution in [1.29, 1.82) is 0 Å². The van der Waals surface area contributed by atoms with Crippen LogP contribution >= 0.6 is 0 Å². The Morgan fingerprint density at radius 2 is 1.06 bits per heavy atom. The maximum Gasteiger partial charge on any atom is 0.521 e. The highest BCUT2D eigenvalue weighted by Crippen LogP contribution is 2.30. The number of carbonyl (C=O) groups is 2. The first-order valence-corrected chi connectivity index (χ1v) is 24.5. The minimum absolute atomic E-state index is 0.0576. The van der Waals surface area contributed by atoms with Gasteiger partial charge in [0.25, 0.3) is 0 Å². The molecule has 0 spiro atoms. The highest BCUT2D eigenvalue weighted by atomic mass is 28.4. The molecule has 0 saturated heterocycles. The molecule has 51 heavy (non-hydrogen) atoms. The highest BCUT2D eigenvalue weighted by molar-refractivity contribution is 6.61. The monoisotopic (exact) mass is 760 g/mol. The molecule has 2 saturated carbocycles. The minimum atomic E-state index is -3.06. The fourth-order valence-corrected chi connectivity index (χ4v) is 13.5. The zero-order valence-corrected chi connectivity index (χ0v) is 36.2. The second kappa shape index (κ2) is 24.4. The SMILES string of the molecule is CCO[Si](CN(C(=O)CCCC(C)CC(C)(C)CNC(=O)N(C[Si](OCC)(OCC)OCC)C1CCCCC1)C1CCCCC1)(OCC)OCC. The summed E-state index contributed by atoms with van der Waals surface area (Å²) in [6.45, 7) is 22.0. The molecule has 1 atom stereocenters. The largest absolute Gasteiger partial charge is 0.521 e. The molecule has 2 fully saturated rings. The lowest BCUT2D eigenvalue weighted by Crippen LogP contribution is -2.61. The van der Waals surface area contributed by atoms with Gasteiger partial charge >= 0.3 is 23.6 Å². The first-order valence-electron chi connectivity index (χ1n) is 20.6. The molecule has 13 heteroatoms. The first kappa shape index (κ1) is 46.1. The lowest BCUT2D eigenvalue weighted by Gasteiger charge is -2.40. The molecule has 2 aliphatic carbocycles. The standard InChI is InChI=1S/C38H77N3O8Si2/c1-10-44-50(45-11-2,46-12-3)31-40(34-24-18-16-19-25-34)36(42)28-22-23-33(7)29-38(8,9)30-39-37(43)41(35-26-20-17-21-27-35)32-51(47-13-4,48-14-5)49-15-6/h33-35H,10-32H2,1-9H3,(H,39,43). The fraction of sp³-hybridized carbons (Fsp3) is 0.947. The second-order valence-corrected chi connectivity index (χ2v) is 20.3. The number of hydrogen-bond donors (Lipinski definition) is 1. The van der Waals surface area contributed by atoms with Gasteiger partial charge in [-0.25, -0.2) is 4.79 Å². The molecule has 0 aromatic rings. The lowest BCUT2D eigenvalue weighted by molar-refractivity contribution is -0.134. The van der Waals surface area contributed by atoms with Crippen LogP contribution in [0.1, 0.15) is 152 Å². The van der Waals surface area contributed by atoms with Crippen LogP contribution < -0.4 is 5.32 Å². The number of carbonyl (C=O) groups excluding carboxylic acids is 2. The van der Waals surface area contributed by atoms with Gasteiger partial charge in [-0.15, -0.1) is 0 Å². The van der Waals surface area contributed by atoms with E-state index in [-0.39, 0.29) is 29.4 Å². The van der Waals surface area contributed by atoms with Gasteiger partial charge in [-0.3, -0.25) is 4.79 Å². The third-order valence-electron chi connectivity index (χ3n) is 10.2. The molecule has 300 valence electrons. The normalized spacial score (nSPS) is 17.4. The van der Waals surface area contributed by atoms with Crippen LogP contribution in [0.2, 0.25) is 0 Å². The van der Waals surface area contributed by atoms with Gasteiger partial charge in [-0.2, -0.15) is 0 Å². The third kappa shape index (κ3) is 16.1. The molecule has 3 amide bonds. The van der Waals surface area contributed by atoms with Crippen LogP contribution in [0.5, 0.6) is 0 Å². The van der Waals surface area contributed by atoms with E-state index < -0.39 is 17.6 Å². The smallest absolute Gasteiger partial charge is 0.373 e. The van der Waals surface area contributed by atoms with Gasteiger partial charge in [-0.1, -0.05) is 65.7 Å². The summed E-state index contributed by atoms with van der Waals surface area (Å²) < 4.78 is 37.0. The third-order valence-corrected chi connectivity index (χ3v) is 16.1. The fourth-order valence-electron chi connectivity index (χ4n) is 8.11. The maximum absolute atomic E-state index is 13.9. The minimum Gasteiger partial charge on any atom is -0.373 e. The van der Waals surface area contributed by atoms with Crippen molar-refractivity contribution in [3.63, 3.8) is 0 Å². The average molecular weight is 760 g/mol. The van der Waals surface area contributed by atoms with E-state index in [2.05, 4.69) is 31.0 Å². The number of hydrogen-bond acceptors (Lipinski definition) is 8. The van der Waals surface area contributed by atoms with Gasteiger partial charge in [-0.05, 0) is 91.4 Å². The van der Waals surface area contributed by atoms with E-state index in [4.69, 9.17) is 26.6 Å². The number of nitrogens with one attached hydrogen (secondary N) is 1. The molecule has 0 aromatic heterocycles. The Morgan fingerprint density at radius 3 is 1.47 bits per heavy atom. The first-order chi connectivity index (χ1) is 24.4. The summed E-state index contributed by atoms with van der Waals surface area (Å²) in [7, 11) is -6.08. The molecule has 2 rings (SSSR count). The quantitative estimate of drug-likeness (QED) is 0.0888. The summed E-state index contributed by atoms with van der Waals surface area (Å²) in [4.78, 5) is 31.9. The summed E-state index contributed by atoms with van der Waals surface area (Å²) in [5.74, 6) is 0.588. The van der Waals surface area contributed by atoms with Crippen LogP contribution in [0.3, 0.4) is 0 Å². The van der Waals surface area contributed by atoms with Crippen molar-refractivity contribution < 1.29 is 36.1 Å². The molecule has 0 bridgehead atoms. The van der Waals surface area contributed by atoms with Crippen LogP contribution in [0.15, 0.2) is 0 Å². The van der Waals surface area contributed by atoms with Gasteiger partial charge in [0.1, 0.15) is 0 Å². The van der Waals surface area contributed by atoms with Crippen molar-refractivity contribution in [3.8, 4) is 0 Å². The molecular weight excluding hydrogens is 683 g/mol. The van der Waals surface area contributed by atoms with Crippen LogP contribution in [0.25, 0.3) is 0 Å². The van der Waals surface area contributed by atoms with E-state index in [0.29, 0.717) is 70.9 Å². The van der Waals surface area contributed by atoms with Gasteiger partial charge in [0.2, 0.25) is 5.91 Å². The van der Waals surface area contributed by atoms with Crippen LogP contribution in [-0.2, 0) is 31.4 Å². The van der Waals surface area contributed by atoms with Crippen LogP contribution in [0.4, 0.5) is 4.79 Å². The van der Waals surface area contributed by atoms with Crippen molar-refractivity contribution in [2.75, 3.05) is 58.5 Å². The molecule has 11 nitrogen and oxygen atoms in total. The lowest BCUT2D eigenvalue weighted by atomic mass is 9.81. The maximum atomic E-state index is 13.9. The van der Waals surface area contributed by atoms with E-state index in [1.165, 1.54) is 12.8 Å². The molecule has 0 aliphatic heterocycles. The number of amides is 3. The van der Waals surface area contributed by atoms with Gasteiger partial charge in [0.15, 0.2) is 0 Å². The Bertz CT molecular complexity index is 931. The Kier molecular flexibility index (Phi) is 22.0. The number of nitrogens with zero attached hydrogens (tertiary/aromatic N) is 2. The zero-order valence-electron chi connectivity index (χ0n) is 34.2. The van der Waals surface area contributed by atoms with E-state index >= 15 is 0 Å². The van der Waals surface area contributed by atoms with Gasteiger partial charge in [0, 0.05) is 64.7 Å². The van der Waals surface area contributed by atoms with Crippen LogP contribution in [0, 0.1) is 11.3 Å². The molecule has 0 aromatic carbocycles. The van der Waals surface area contributed by atoms with Crippen molar-refractivity contribution in [2.45, 2.75) is 164 Å².